The van der Waals surface area contributed by atoms with E-state index in [9.17, 15) is 4.79 Å². The van der Waals surface area contributed by atoms with Crippen molar-refractivity contribution in [3.8, 4) is 0 Å². The van der Waals surface area contributed by atoms with Gasteiger partial charge in [0.2, 0.25) is 0 Å². The first-order valence-electron chi connectivity index (χ1n) is 7.31. The van der Waals surface area contributed by atoms with Crippen LogP contribution in [-0.4, -0.2) is 15.8 Å². The van der Waals surface area contributed by atoms with Crippen LogP contribution in [0.5, 0.6) is 0 Å². The zero-order valence-electron chi connectivity index (χ0n) is 11.9. The summed E-state index contributed by atoms with van der Waals surface area (Å²) in [6.07, 6.45) is 7.89. The molecular weight excluding hydrogens is 260 g/mol. The Kier molecular flexibility index (Phi) is 4.10. The van der Waals surface area contributed by atoms with Crippen LogP contribution in [0.2, 0.25) is 0 Å². The van der Waals surface area contributed by atoms with Crippen molar-refractivity contribution >= 4 is 17.3 Å². The van der Waals surface area contributed by atoms with E-state index in [1.807, 2.05) is 24.4 Å². The Hall–Kier alpha value is -2.42. The summed E-state index contributed by atoms with van der Waals surface area (Å²) in [4.78, 5) is 15.5. The Morgan fingerprint density at radius 3 is 2.71 bits per heavy atom. The van der Waals surface area contributed by atoms with Crippen molar-refractivity contribution in [2.75, 3.05) is 0 Å². The monoisotopic (exact) mass is 278 g/mol. The second-order valence-corrected chi connectivity index (χ2v) is 5.21. The Labute approximate surface area is 124 Å². The minimum absolute atomic E-state index is 0.723. The van der Waals surface area contributed by atoms with Crippen LogP contribution in [0.15, 0.2) is 54.9 Å². The second kappa shape index (κ2) is 6.35. The molecule has 3 heteroatoms. The Bertz CT molecular complexity index is 731. The predicted octanol–water partition coefficient (Wildman–Crippen LogP) is 3.87. The van der Waals surface area contributed by atoms with Gasteiger partial charge in [-0.2, -0.15) is 0 Å². The zero-order valence-corrected chi connectivity index (χ0v) is 11.9. The molecule has 1 aromatic carbocycles. The number of hydrogen-bond acceptors (Lipinski definition) is 2. The number of hydrogen-bond donors (Lipinski definition) is 0. The number of aryl methyl sites for hydroxylation is 2. The van der Waals surface area contributed by atoms with Gasteiger partial charge in [-0.1, -0.05) is 30.3 Å². The highest BCUT2D eigenvalue weighted by Gasteiger charge is 2.07. The third-order valence-corrected chi connectivity index (χ3v) is 3.75. The molecule has 3 aromatic rings. The molecular formula is C18H18N2O. The van der Waals surface area contributed by atoms with Gasteiger partial charge in [-0.05, 0) is 37.0 Å². The number of aromatic nitrogens is 2. The number of unbranched alkanes of at least 4 members (excludes halogenated alkanes) is 1. The van der Waals surface area contributed by atoms with Crippen LogP contribution in [0.1, 0.15) is 28.8 Å². The van der Waals surface area contributed by atoms with Gasteiger partial charge in [0.15, 0.2) is 6.29 Å². The highest BCUT2D eigenvalue weighted by Crippen LogP contribution is 2.18. The van der Waals surface area contributed by atoms with Crippen LogP contribution in [0.25, 0.3) is 11.0 Å². The van der Waals surface area contributed by atoms with Gasteiger partial charge in [-0.25, -0.2) is 4.98 Å². The normalized spacial score (nSPS) is 10.9. The standard InChI is InChI=1S/C18H18N2O/c21-14-16-13-20(18-17(16)10-6-11-19-18)12-5-4-9-15-7-2-1-3-8-15/h1-3,6-8,10-11,13-14H,4-5,9,12H2. The molecule has 0 aliphatic carbocycles. The maximum absolute atomic E-state index is 11.1. The van der Waals surface area contributed by atoms with Gasteiger partial charge in [0.05, 0.1) is 0 Å². The molecule has 0 bridgehead atoms. The summed E-state index contributed by atoms with van der Waals surface area (Å²) in [5, 5.41) is 0.940. The fourth-order valence-corrected chi connectivity index (χ4v) is 2.67. The molecule has 0 unspecified atom stereocenters. The largest absolute Gasteiger partial charge is 0.332 e. The number of carbonyl (C=O) groups excluding carboxylic acids is 1. The van der Waals surface area contributed by atoms with E-state index in [1.54, 1.807) is 6.20 Å². The third kappa shape index (κ3) is 3.02. The number of rotatable bonds is 6. The first-order chi connectivity index (χ1) is 10.4. The molecule has 0 atom stereocenters. The Morgan fingerprint density at radius 2 is 1.90 bits per heavy atom. The summed E-state index contributed by atoms with van der Waals surface area (Å²) in [5.41, 5.74) is 3.00. The first-order valence-corrected chi connectivity index (χ1v) is 7.31. The lowest BCUT2D eigenvalue weighted by Gasteiger charge is -2.05. The summed E-state index contributed by atoms with van der Waals surface area (Å²) in [6.45, 7) is 0.897. The molecule has 0 aliphatic heterocycles. The van der Waals surface area contributed by atoms with E-state index >= 15 is 0 Å². The molecule has 21 heavy (non-hydrogen) atoms. The van der Waals surface area contributed by atoms with Crippen LogP contribution in [0.4, 0.5) is 0 Å². The maximum Gasteiger partial charge on any atom is 0.152 e. The molecule has 0 saturated heterocycles. The zero-order chi connectivity index (χ0) is 14.5. The van der Waals surface area contributed by atoms with Gasteiger partial charge in [-0.15, -0.1) is 0 Å². The van der Waals surface area contributed by atoms with Gasteiger partial charge in [-0.3, -0.25) is 4.79 Å². The summed E-state index contributed by atoms with van der Waals surface area (Å²) in [5.74, 6) is 0. The average molecular weight is 278 g/mol. The SMILES string of the molecule is O=Cc1cn(CCCCc2ccccc2)c2ncccc12. The maximum atomic E-state index is 11.1. The Morgan fingerprint density at radius 1 is 1.05 bits per heavy atom. The second-order valence-electron chi connectivity index (χ2n) is 5.21. The van der Waals surface area contributed by atoms with Crippen LogP contribution >= 0.6 is 0 Å². The molecule has 0 radical (unpaired) electrons. The minimum Gasteiger partial charge on any atom is -0.332 e. The van der Waals surface area contributed by atoms with E-state index in [2.05, 4.69) is 33.8 Å². The average Bonchev–Trinajstić information content (AvgIpc) is 2.91. The van der Waals surface area contributed by atoms with Crippen LogP contribution in [-0.2, 0) is 13.0 Å². The molecule has 3 nitrogen and oxygen atoms in total. The predicted molar refractivity (Wildman–Crippen MR) is 84.5 cm³/mol. The molecule has 3 rings (SSSR count). The van der Waals surface area contributed by atoms with E-state index in [0.29, 0.717) is 0 Å². The highest BCUT2D eigenvalue weighted by molar-refractivity contribution is 5.95. The van der Waals surface area contributed by atoms with E-state index in [1.165, 1.54) is 5.56 Å². The van der Waals surface area contributed by atoms with Crippen molar-refractivity contribution in [1.82, 2.24) is 9.55 Å². The van der Waals surface area contributed by atoms with E-state index < -0.39 is 0 Å². The van der Waals surface area contributed by atoms with E-state index in [-0.39, 0.29) is 0 Å². The summed E-state index contributed by atoms with van der Waals surface area (Å²) < 4.78 is 2.09. The molecule has 2 heterocycles. The quantitative estimate of drug-likeness (QED) is 0.507. The molecule has 2 aromatic heterocycles. The van der Waals surface area contributed by atoms with E-state index in [0.717, 1.165) is 48.7 Å². The fraction of sp³-hybridized carbons (Fsp3) is 0.222. The lowest BCUT2D eigenvalue weighted by atomic mass is 10.1. The van der Waals surface area contributed by atoms with Crippen molar-refractivity contribution < 1.29 is 4.79 Å². The van der Waals surface area contributed by atoms with Crippen LogP contribution in [0.3, 0.4) is 0 Å². The molecule has 106 valence electrons. The summed E-state index contributed by atoms with van der Waals surface area (Å²) in [7, 11) is 0. The number of carbonyl (C=O) groups is 1. The number of benzene rings is 1. The van der Waals surface area contributed by atoms with Gasteiger partial charge >= 0.3 is 0 Å². The van der Waals surface area contributed by atoms with Crippen molar-refractivity contribution in [3.63, 3.8) is 0 Å². The molecule has 0 aliphatic rings. The lowest BCUT2D eigenvalue weighted by Crippen LogP contribution is -1.98. The third-order valence-electron chi connectivity index (χ3n) is 3.75. The van der Waals surface area contributed by atoms with Crippen molar-refractivity contribution in [2.45, 2.75) is 25.8 Å². The highest BCUT2D eigenvalue weighted by atomic mass is 16.1. The van der Waals surface area contributed by atoms with Crippen LogP contribution < -0.4 is 0 Å². The van der Waals surface area contributed by atoms with Crippen molar-refractivity contribution in [2.24, 2.45) is 0 Å². The summed E-state index contributed by atoms with van der Waals surface area (Å²) >= 11 is 0. The topological polar surface area (TPSA) is 34.9 Å². The van der Waals surface area contributed by atoms with Gasteiger partial charge in [0.25, 0.3) is 0 Å². The number of fused-ring (bicyclic) bond motifs is 1. The van der Waals surface area contributed by atoms with Gasteiger partial charge < -0.3 is 4.57 Å². The lowest BCUT2D eigenvalue weighted by molar-refractivity contribution is 0.112. The molecule has 0 N–H and O–H groups in total. The first kappa shape index (κ1) is 13.6. The summed E-state index contributed by atoms with van der Waals surface area (Å²) in [6, 6.07) is 14.3. The van der Waals surface area contributed by atoms with E-state index in [4.69, 9.17) is 0 Å². The van der Waals surface area contributed by atoms with Crippen molar-refractivity contribution in [3.05, 3.63) is 66.0 Å². The van der Waals surface area contributed by atoms with Crippen LogP contribution in [0, 0.1) is 0 Å². The minimum atomic E-state index is 0.723. The van der Waals surface area contributed by atoms with Crippen molar-refractivity contribution in [1.29, 1.82) is 0 Å². The number of pyridine rings is 1. The van der Waals surface area contributed by atoms with Gasteiger partial charge in [0.1, 0.15) is 5.65 Å². The number of aldehydes is 1. The molecule has 0 saturated carbocycles. The Balaban J connectivity index is 1.64. The smallest absolute Gasteiger partial charge is 0.152 e. The fourth-order valence-electron chi connectivity index (χ4n) is 2.67. The molecule has 0 fully saturated rings. The molecule has 0 spiro atoms. The van der Waals surface area contributed by atoms with Gasteiger partial charge in [0, 0.05) is 29.9 Å². The number of nitrogens with zero attached hydrogens (tertiary/aromatic N) is 2. The molecule has 0 amide bonds.